The van der Waals surface area contributed by atoms with E-state index in [9.17, 15) is 14.4 Å². The lowest BCUT2D eigenvalue weighted by Crippen LogP contribution is -2.49. The summed E-state index contributed by atoms with van der Waals surface area (Å²) in [6, 6.07) is 10.3. The summed E-state index contributed by atoms with van der Waals surface area (Å²) in [6.07, 6.45) is 2.49. The number of rotatable bonds is 6. The number of carbonyl (C=O) groups excluding carboxylic acids is 3. The molecule has 2 aliphatic heterocycles. The zero-order valence-corrected chi connectivity index (χ0v) is 18.4. The predicted octanol–water partition coefficient (Wildman–Crippen LogP) is 4.49. The highest BCUT2D eigenvalue weighted by atomic mass is 35.5. The van der Waals surface area contributed by atoms with Crippen LogP contribution in [0.1, 0.15) is 46.3 Å². The first-order valence-corrected chi connectivity index (χ1v) is 10.9. The number of ketones is 1. The average molecular weight is 457 g/mol. The van der Waals surface area contributed by atoms with Crippen LogP contribution in [0.5, 0.6) is 0 Å². The van der Waals surface area contributed by atoms with Crippen molar-refractivity contribution in [2.45, 2.75) is 44.7 Å². The van der Waals surface area contributed by atoms with Crippen LogP contribution in [0, 0.1) is 0 Å². The minimum atomic E-state index is -0.472. The molecule has 2 heterocycles. The van der Waals surface area contributed by atoms with Crippen molar-refractivity contribution in [2.24, 2.45) is 0 Å². The number of hydrogen-bond donors (Lipinski definition) is 1. The Bertz CT molecular complexity index is 1080. The molecular weight excluding hydrogens is 435 g/mol. The molecule has 0 aromatic heterocycles. The highest BCUT2D eigenvalue weighted by Gasteiger charge is 2.38. The summed E-state index contributed by atoms with van der Waals surface area (Å²) in [7, 11) is 0. The minimum Gasteiger partial charge on any atom is -0.329 e. The number of aryl methyl sites for hydroxylation is 1. The normalized spacial score (nSPS) is 18.2. The molecule has 2 aromatic carbocycles. The molecule has 31 heavy (non-hydrogen) atoms. The van der Waals surface area contributed by atoms with Crippen LogP contribution in [0.25, 0.3) is 0 Å². The molecular formula is C24H22Cl2N2O3. The predicted molar refractivity (Wildman–Crippen MR) is 120 cm³/mol. The Morgan fingerprint density at radius 2 is 1.84 bits per heavy atom. The number of benzene rings is 2. The molecule has 0 aliphatic carbocycles. The van der Waals surface area contributed by atoms with Gasteiger partial charge in [0.25, 0.3) is 5.91 Å². The van der Waals surface area contributed by atoms with Gasteiger partial charge in [-0.05, 0) is 60.2 Å². The van der Waals surface area contributed by atoms with Gasteiger partial charge in [-0.3, -0.25) is 14.4 Å². The molecule has 0 saturated carbocycles. The minimum absolute atomic E-state index is 0.0932. The van der Waals surface area contributed by atoms with Crippen molar-refractivity contribution in [1.82, 2.24) is 10.2 Å². The molecule has 160 valence electrons. The second-order valence-electron chi connectivity index (χ2n) is 8.06. The number of allylic oxidation sites excluding steroid dienone is 1. The second-order valence-corrected chi connectivity index (χ2v) is 8.94. The molecule has 1 unspecified atom stereocenters. The lowest BCUT2D eigenvalue weighted by atomic mass is 10.00. The summed E-state index contributed by atoms with van der Waals surface area (Å²) in [5, 5.41) is 3.77. The van der Waals surface area contributed by atoms with Crippen molar-refractivity contribution in [1.29, 1.82) is 0 Å². The standard InChI is InChI=1S/C24H22Cl2N2O3/c1-14-2-7-22(23(30)27-14)28-13-17-8-15(4-6-21(17)24(28)31)3-5-20(29)11-16-9-18(25)12-19(26)10-16/h4,6,8-10,12,22H,1-3,5,7,11,13H2,(H,27,30). The quantitative estimate of drug-likeness (QED) is 0.696. The van der Waals surface area contributed by atoms with E-state index in [0.29, 0.717) is 53.5 Å². The zero-order valence-electron chi connectivity index (χ0n) is 16.9. The van der Waals surface area contributed by atoms with Gasteiger partial charge in [-0.2, -0.15) is 0 Å². The van der Waals surface area contributed by atoms with Crippen molar-refractivity contribution < 1.29 is 14.4 Å². The monoisotopic (exact) mass is 456 g/mol. The zero-order chi connectivity index (χ0) is 22.1. The summed E-state index contributed by atoms with van der Waals surface area (Å²) in [6.45, 7) is 4.19. The van der Waals surface area contributed by atoms with E-state index in [-0.39, 0.29) is 24.0 Å². The number of nitrogens with zero attached hydrogens (tertiary/aromatic N) is 1. The lowest BCUT2D eigenvalue weighted by molar-refractivity contribution is -0.126. The van der Waals surface area contributed by atoms with Gasteiger partial charge in [0.15, 0.2) is 0 Å². The van der Waals surface area contributed by atoms with E-state index in [1.165, 1.54) is 0 Å². The van der Waals surface area contributed by atoms with Gasteiger partial charge in [-0.15, -0.1) is 0 Å². The molecule has 0 spiro atoms. The van der Waals surface area contributed by atoms with Gasteiger partial charge in [-0.1, -0.05) is 41.9 Å². The number of carbonyl (C=O) groups is 3. The number of fused-ring (bicyclic) bond motifs is 1. The Balaban J connectivity index is 1.38. The number of Topliss-reactive ketones (excluding diaryl/α,β-unsaturated/α-hetero) is 1. The number of halogens is 2. The van der Waals surface area contributed by atoms with Crippen LogP contribution in [-0.4, -0.2) is 28.5 Å². The smallest absolute Gasteiger partial charge is 0.255 e. The average Bonchev–Trinajstić information content (AvgIpc) is 3.01. The molecule has 1 atom stereocenters. The highest BCUT2D eigenvalue weighted by Crippen LogP contribution is 2.29. The number of piperidine rings is 1. The van der Waals surface area contributed by atoms with Crippen LogP contribution >= 0.6 is 23.2 Å². The fourth-order valence-corrected chi connectivity index (χ4v) is 4.75. The van der Waals surface area contributed by atoms with E-state index < -0.39 is 6.04 Å². The van der Waals surface area contributed by atoms with Gasteiger partial charge in [-0.25, -0.2) is 0 Å². The van der Waals surface area contributed by atoms with Gasteiger partial charge < -0.3 is 10.2 Å². The van der Waals surface area contributed by atoms with Gasteiger partial charge >= 0.3 is 0 Å². The van der Waals surface area contributed by atoms with Crippen molar-refractivity contribution >= 4 is 40.8 Å². The Kier molecular flexibility index (Phi) is 6.17. The summed E-state index contributed by atoms with van der Waals surface area (Å²) in [5.41, 5.74) is 4.01. The summed E-state index contributed by atoms with van der Waals surface area (Å²) >= 11 is 12.0. The summed E-state index contributed by atoms with van der Waals surface area (Å²) < 4.78 is 0. The largest absolute Gasteiger partial charge is 0.329 e. The van der Waals surface area contributed by atoms with Gasteiger partial charge in [0.2, 0.25) is 5.91 Å². The van der Waals surface area contributed by atoms with Crippen molar-refractivity contribution in [2.75, 3.05) is 0 Å². The summed E-state index contributed by atoms with van der Waals surface area (Å²) in [4.78, 5) is 39.2. The van der Waals surface area contributed by atoms with E-state index in [1.807, 2.05) is 12.1 Å². The van der Waals surface area contributed by atoms with E-state index in [1.54, 1.807) is 29.2 Å². The van der Waals surface area contributed by atoms with Crippen molar-refractivity contribution in [3.8, 4) is 0 Å². The van der Waals surface area contributed by atoms with Gasteiger partial charge in [0, 0.05) is 40.7 Å². The highest BCUT2D eigenvalue weighted by molar-refractivity contribution is 6.34. The maximum atomic E-state index is 12.8. The SMILES string of the molecule is C=C1CCC(N2Cc3cc(CCC(=O)Cc4cc(Cl)cc(Cl)c4)ccc3C2=O)C(=O)N1. The number of nitrogens with one attached hydrogen (secondary N) is 1. The molecule has 4 rings (SSSR count). The van der Waals surface area contributed by atoms with Crippen molar-refractivity contribution in [3.05, 3.63) is 81.0 Å². The lowest BCUT2D eigenvalue weighted by Gasteiger charge is -2.30. The van der Waals surface area contributed by atoms with Crippen LogP contribution in [0.15, 0.2) is 48.7 Å². The maximum absolute atomic E-state index is 12.8. The molecule has 2 aliphatic rings. The van der Waals surface area contributed by atoms with E-state index in [2.05, 4.69) is 11.9 Å². The molecule has 7 heteroatoms. The first-order chi connectivity index (χ1) is 14.8. The van der Waals surface area contributed by atoms with Crippen LogP contribution in [-0.2, 0) is 29.0 Å². The van der Waals surface area contributed by atoms with Crippen LogP contribution < -0.4 is 5.32 Å². The van der Waals surface area contributed by atoms with Gasteiger partial charge in [0.05, 0.1) is 0 Å². The third-order valence-corrected chi connectivity index (χ3v) is 6.15. The Morgan fingerprint density at radius 1 is 1.10 bits per heavy atom. The molecule has 0 bridgehead atoms. The maximum Gasteiger partial charge on any atom is 0.255 e. The van der Waals surface area contributed by atoms with Crippen LogP contribution in [0.2, 0.25) is 10.0 Å². The molecule has 1 saturated heterocycles. The van der Waals surface area contributed by atoms with E-state index in [0.717, 1.165) is 16.7 Å². The first-order valence-electron chi connectivity index (χ1n) is 10.2. The first kappa shape index (κ1) is 21.6. The third kappa shape index (κ3) is 4.83. The number of amides is 2. The van der Waals surface area contributed by atoms with Crippen molar-refractivity contribution in [3.63, 3.8) is 0 Å². The molecule has 2 aromatic rings. The number of hydrogen-bond acceptors (Lipinski definition) is 3. The van der Waals surface area contributed by atoms with Crippen LogP contribution in [0.4, 0.5) is 0 Å². The third-order valence-electron chi connectivity index (χ3n) is 5.72. The second kappa shape index (κ2) is 8.85. The Morgan fingerprint density at radius 3 is 2.55 bits per heavy atom. The molecule has 5 nitrogen and oxygen atoms in total. The fourth-order valence-electron chi connectivity index (χ4n) is 4.18. The van der Waals surface area contributed by atoms with Crippen LogP contribution in [0.3, 0.4) is 0 Å². The molecule has 1 fully saturated rings. The molecule has 0 radical (unpaired) electrons. The molecule has 2 amide bonds. The Hall–Kier alpha value is -2.63. The van der Waals surface area contributed by atoms with E-state index in [4.69, 9.17) is 23.2 Å². The summed E-state index contributed by atoms with van der Waals surface area (Å²) in [5.74, 6) is -0.205. The molecule has 1 N–H and O–H groups in total. The Labute approximate surface area is 191 Å². The van der Waals surface area contributed by atoms with Gasteiger partial charge in [0.1, 0.15) is 11.8 Å². The fraction of sp³-hybridized carbons (Fsp3) is 0.292. The van der Waals surface area contributed by atoms with E-state index >= 15 is 0 Å². The topological polar surface area (TPSA) is 66.5 Å².